The fourth-order valence-electron chi connectivity index (χ4n) is 1.79. The fourth-order valence-corrected chi connectivity index (χ4v) is 1.79. The van der Waals surface area contributed by atoms with Gasteiger partial charge < -0.3 is 14.9 Å². The van der Waals surface area contributed by atoms with Crippen molar-refractivity contribution in [1.29, 1.82) is 0 Å². The maximum Gasteiger partial charge on any atom is 0.213 e. The Bertz CT molecular complexity index is 494. The van der Waals surface area contributed by atoms with Gasteiger partial charge in [-0.15, -0.1) is 0 Å². The molecular formula is C17H23NO3. The Labute approximate surface area is 126 Å². The van der Waals surface area contributed by atoms with Crippen LogP contribution in [0.25, 0.3) is 0 Å². The summed E-state index contributed by atoms with van der Waals surface area (Å²) in [7, 11) is 0. The Morgan fingerprint density at radius 2 is 1.62 bits per heavy atom. The molecule has 4 nitrogen and oxygen atoms in total. The molecule has 0 aliphatic carbocycles. The molecule has 0 saturated heterocycles. The second-order valence-electron chi connectivity index (χ2n) is 4.67. The molecule has 4 heteroatoms. The molecule has 1 aromatic heterocycles. The maximum atomic E-state index is 7.12. The van der Waals surface area contributed by atoms with Gasteiger partial charge in [0.2, 0.25) is 5.88 Å². The number of aliphatic hydroxyl groups is 2. The van der Waals surface area contributed by atoms with E-state index in [2.05, 4.69) is 36.2 Å². The number of aliphatic hydroxyl groups excluding tert-OH is 1. The minimum Gasteiger partial charge on any atom is -0.473 e. The lowest BCUT2D eigenvalue weighted by Gasteiger charge is -2.06. The molecule has 0 aliphatic rings. The molecule has 0 fully saturated rings. The minimum atomic E-state index is -0.750. The van der Waals surface area contributed by atoms with Crippen LogP contribution >= 0.6 is 0 Å². The molecule has 2 rings (SSSR count). The second kappa shape index (κ2) is 9.91. The van der Waals surface area contributed by atoms with Crippen LogP contribution in [0.5, 0.6) is 5.88 Å². The number of benzene rings is 1. The van der Waals surface area contributed by atoms with E-state index in [1.165, 1.54) is 17.5 Å². The molecule has 114 valence electrons. The summed E-state index contributed by atoms with van der Waals surface area (Å²) in [4.78, 5) is 4.22. The van der Waals surface area contributed by atoms with Crippen LogP contribution in [0.2, 0.25) is 0 Å². The van der Waals surface area contributed by atoms with Crippen LogP contribution in [0.1, 0.15) is 30.0 Å². The normalized spacial score (nSPS) is 9.71. The summed E-state index contributed by atoms with van der Waals surface area (Å²) in [5.74, 6) is 0.679. The summed E-state index contributed by atoms with van der Waals surface area (Å²) in [6, 6.07) is 12.5. The Morgan fingerprint density at radius 1 is 1.00 bits per heavy atom. The number of hydrogen-bond donors (Lipinski definition) is 2. The van der Waals surface area contributed by atoms with Crippen molar-refractivity contribution in [3.8, 4) is 5.88 Å². The van der Waals surface area contributed by atoms with Gasteiger partial charge in [0.15, 0.2) is 0 Å². The summed E-state index contributed by atoms with van der Waals surface area (Å²) in [6.07, 6.45) is 4.14. The summed E-state index contributed by atoms with van der Waals surface area (Å²) in [5, 5.41) is 14.2. The quantitative estimate of drug-likeness (QED) is 0.831. The highest BCUT2D eigenvalue weighted by molar-refractivity contribution is 5.23. The molecule has 0 amide bonds. The molecule has 0 saturated carbocycles. The zero-order valence-electron chi connectivity index (χ0n) is 12.6. The van der Waals surface area contributed by atoms with Crippen LogP contribution < -0.4 is 4.74 Å². The van der Waals surface area contributed by atoms with Crippen molar-refractivity contribution in [2.24, 2.45) is 0 Å². The smallest absolute Gasteiger partial charge is 0.213 e. The van der Waals surface area contributed by atoms with Crippen LogP contribution in [0.4, 0.5) is 0 Å². The van der Waals surface area contributed by atoms with Gasteiger partial charge in [-0.25, -0.2) is 4.98 Å². The van der Waals surface area contributed by atoms with Gasteiger partial charge in [-0.1, -0.05) is 43.7 Å². The first kappa shape index (κ1) is 17.1. The van der Waals surface area contributed by atoms with E-state index in [4.69, 9.17) is 14.9 Å². The molecule has 0 unspecified atom stereocenters. The average Bonchev–Trinajstić information content (AvgIpc) is 2.49. The van der Waals surface area contributed by atoms with E-state index >= 15 is 0 Å². The van der Waals surface area contributed by atoms with Crippen molar-refractivity contribution >= 4 is 0 Å². The number of rotatable bonds is 5. The van der Waals surface area contributed by atoms with Gasteiger partial charge in [0.25, 0.3) is 0 Å². The van der Waals surface area contributed by atoms with E-state index in [0.717, 1.165) is 12.0 Å². The van der Waals surface area contributed by atoms with Gasteiger partial charge >= 0.3 is 0 Å². The largest absolute Gasteiger partial charge is 0.473 e. The minimum absolute atomic E-state index is 0.572. The number of aromatic nitrogens is 1. The first-order valence-corrected chi connectivity index (χ1v) is 7.04. The number of nitrogens with zero attached hydrogens (tertiary/aromatic N) is 1. The molecule has 1 aromatic carbocycles. The molecular weight excluding hydrogens is 266 g/mol. The summed E-state index contributed by atoms with van der Waals surface area (Å²) >= 11 is 0. The molecule has 0 spiro atoms. The molecule has 2 aromatic rings. The summed E-state index contributed by atoms with van der Waals surface area (Å²) < 4.78 is 5.64. The van der Waals surface area contributed by atoms with Gasteiger partial charge in [-0.2, -0.15) is 0 Å². The topological polar surface area (TPSA) is 62.6 Å². The Morgan fingerprint density at radius 3 is 2.14 bits per heavy atom. The van der Waals surface area contributed by atoms with Crippen molar-refractivity contribution in [3.05, 3.63) is 59.3 Å². The maximum absolute atomic E-state index is 7.12. The SMILES string of the molecule is CCCc1ccc(COc2ccc(C)cn2)cc1.OCO. The highest BCUT2D eigenvalue weighted by Crippen LogP contribution is 2.11. The third-order valence-corrected chi connectivity index (χ3v) is 2.83. The third kappa shape index (κ3) is 6.88. The predicted molar refractivity (Wildman–Crippen MR) is 83.0 cm³/mol. The van der Waals surface area contributed by atoms with Gasteiger partial charge in [-0.05, 0) is 30.0 Å². The molecule has 2 N–H and O–H groups in total. The standard InChI is InChI=1S/C16H19NO.CH4O2/c1-3-4-14-6-8-15(9-7-14)12-18-16-10-5-13(2)11-17-16;2-1-3/h5-11H,3-4,12H2,1-2H3;2-3H,1H2. The Hall–Kier alpha value is -1.91. The zero-order chi connectivity index (χ0) is 15.5. The Kier molecular flexibility index (Phi) is 8.09. The monoisotopic (exact) mass is 289 g/mol. The van der Waals surface area contributed by atoms with E-state index < -0.39 is 6.79 Å². The van der Waals surface area contributed by atoms with E-state index in [-0.39, 0.29) is 0 Å². The number of pyridine rings is 1. The van der Waals surface area contributed by atoms with E-state index in [9.17, 15) is 0 Å². The van der Waals surface area contributed by atoms with Gasteiger partial charge in [0.05, 0.1) is 0 Å². The van der Waals surface area contributed by atoms with E-state index in [0.29, 0.717) is 12.5 Å². The first-order chi connectivity index (χ1) is 10.2. The Balaban J connectivity index is 0.000000677. The van der Waals surface area contributed by atoms with Crippen LogP contribution in [0.15, 0.2) is 42.6 Å². The van der Waals surface area contributed by atoms with Gasteiger partial charge in [0.1, 0.15) is 13.4 Å². The molecule has 0 atom stereocenters. The van der Waals surface area contributed by atoms with Crippen LogP contribution in [-0.4, -0.2) is 22.0 Å². The third-order valence-electron chi connectivity index (χ3n) is 2.83. The van der Waals surface area contributed by atoms with E-state index in [1.54, 1.807) is 0 Å². The molecule has 1 heterocycles. The first-order valence-electron chi connectivity index (χ1n) is 7.04. The number of aryl methyl sites for hydroxylation is 2. The molecule has 0 radical (unpaired) electrons. The van der Waals surface area contributed by atoms with Crippen LogP contribution in [0, 0.1) is 6.92 Å². The lowest BCUT2D eigenvalue weighted by Crippen LogP contribution is -1.97. The van der Waals surface area contributed by atoms with Crippen LogP contribution in [0.3, 0.4) is 0 Å². The summed E-state index contributed by atoms with van der Waals surface area (Å²) in [6.45, 7) is 4.03. The zero-order valence-corrected chi connectivity index (χ0v) is 12.6. The van der Waals surface area contributed by atoms with Crippen molar-refractivity contribution in [3.63, 3.8) is 0 Å². The molecule has 0 bridgehead atoms. The van der Waals surface area contributed by atoms with Gasteiger partial charge in [-0.3, -0.25) is 0 Å². The summed E-state index contributed by atoms with van der Waals surface area (Å²) in [5.41, 5.74) is 3.71. The highest BCUT2D eigenvalue weighted by Gasteiger charge is 1.97. The van der Waals surface area contributed by atoms with Crippen molar-refractivity contribution in [1.82, 2.24) is 4.98 Å². The molecule has 0 aliphatic heterocycles. The van der Waals surface area contributed by atoms with Crippen molar-refractivity contribution in [2.45, 2.75) is 33.3 Å². The lowest BCUT2D eigenvalue weighted by atomic mass is 10.1. The van der Waals surface area contributed by atoms with Crippen LogP contribution in [-0.2, 0) is 13.0 Å². The average molecular weight is 289 g/mol. The second-order valence-corrected chi connectivity index (χ2v) is 4.67. The highest BCUT2D eigenvalue weighted by atomic mass is 16.5. The fraction of sp³-hybridized carbons (Fsp3) is 0.353. The van der Waals surface area contributed by atoms with E-state index in [1.807, 2.05) is 25.3 Å². The van der Waals surface area contributed by atoms with Crippen molar-refractivity contribution < 1.29 is 14.9 Å². The van der Waals surface area contributed by atoms with Crippen molar-refractivity contribution in [2.75, 3.05) is 6.79 Å². The number of hydrogen-bond acceptors (Lipinski definition) is 4. The van der Waals surface area contributed by atoms with Gasteiger partial charge in [0, 0.05) is 12.3 Å². The number of ether oxygens (including phenoxy) is 1. The molecule has 21 heavy (non-hydrogen) atoms. The predicted octanol–water partition coefficient (Wildman–Crippen LogP) is 2.85. The lowest BCUT2D eigenvalue weighted by molar-refractivity contribution is 0.0773.